The molecule has 1 aromatic carbocycles. The van der Waals surface area contributed by atoms with Crippen LogP contribution in [0.1, 0.15) is 18.9 Å². The first kappa shape index (κ1) is 16.7. The highest BCUT2D eigenvalue weighted by atomic mass is 79.9. The lowest BCUT2D eigenvalue weighted by Crippen LogP contribution is -2.31. The van der Waals surface area contributed by atoms with Gasteiger partial charge in [-0.25, -0.2) is 0 Å². The van der Waals surface area contributed by atoms with Gasteiger partial charge in [0.15, 0.2) is 5.11 Å². The zero-order valence-corrected chi connectivity index (χ0v) is 14.7. The van der Waals surface area contributed by atoms with Gasteiger partial charge in [0.25, 0.3) is 5.91 Å². The number of amides is 1. The molecule has 0 bridgehead atoms. The summed E-state index contributed by atoms with van der Waals surface area (Å²) < 4.78 is 6.53. The van der Waals surface area contributed by atoms with Crippen molar-refractivity contribution in [2.24, 2.45) is 0 Å². The number of thiocarbonyl (C=S) groups is 1. The molecule has 22 heavy (non-hydrogen) atoms. The van der Waals surface area contributed by atoms with Crippen molar-refractivity contribution in [1.29, 1.82) is 0 Å². The van der Waals surface area contributed by atoms with E-state index in [1.54, 1.807) is 17.1 Å². The lowest BCUT2D eigenvalue weighted by Gasteiger charge is -2.11. The van der Waals surface area contributed by atoms with E-state index in [4.69, 9.17) is 17.0 Å². The van der Waals surface area contributed by atoms with Gasteiger partial charge in [0.2, 0.25) is 0 Å². The standard InChI is InChI=1S/C16H17BrN2O2S/c1-3-7-19-15(20)13(18-16(19)22)10-11-9-12(17)5-6-14(11)21-8-4-2/h4-6,9-10H,2-3,7-8H2,1H3,(H,18,22)/b13-10-. The normalized spacial score (nSPS) is 16.1. The summed E-state index contributed by atoms with van der Waals surface area (Å²) >= 11 is 8.64. The Morgan fingerprint density at radius 1 is 1.50 bits per heavy atom. The minimum Gasteiger partial charge on any atom is -0.489 e. The van der Waals surface area contributed by atoms with Crippen molar-refractivity contribution in [2.45, 2.75) is 13.3 Å². The maximum atomic E-state index is 12.4. The molecule has 0 aromatic heterocycles. The van der Waals surface area contributed by atoms with E-state index in [-0.39, 0.29) is 5.91 Å². The summed E-state index contributed by atoms with van der Waals surface area (Å²) in [5.74, 6) is 0.576. The molecule has 0 spiro atoms. The van der Waals surface area contributed by atoms with Crippen LogP contribution in [-0.2, 0) is 4.79 Å². The Hall–Kier alpha value is -1.66. The molecule has 1 amide bonds. The fourth-order valence-corrected chi connectivity index (χ4v) is 2.73. The molecule has 0 atom stereocenters. The fourth-order valence-electron chi connectivity index (χ4n) is 2.07. The number of hydrogen-bond donors (Lipinski definition) is 1. The number of carbonyl (C=O) groups is 1. The number of nitrogens with zero attached hydrogens (tertiary/aromatic N) is 1. The lowest BCUT2D eigenvalue weighted by molar-refractivity contribution is -0.122. The van der Waals surface area contributed by atoms with Gasteiger partial charge in [-0.05, 0) is 42.9 Å². The van der Waals surface area contributed by atoms with Gasteiger partial charge in [0, 0.05) is 16.6 Å². The SMILES string of the molecule is C=CCOc1ccc(Br)cc1/C=C1\NC(=S)N(CCC)C1=O. The van der Waals surface area contributed by atoms with Crippen LogP contribution in [0.3, 0.4) is 0 Å². The number of benzene rings is 1. The van der Waals surface area contributed by atoms with E-state index in [0.717, 1.165) is 16.5 Å². The van der Waals surface area contributed by atoms with E-state index < -0.39 is 0 Å². The Bertz CT molecular complexity index is 643. The predicted molar refractivity (Wildman–Crippen MR) is 95.5 cm³/mol. The largest absolute Gasteiger partial charge is 0.489 e. The third-order valence-electron chi connectivity index (χ3n) is 3.04. The molecule has 0 unspecified atom stereocenters. The summed E-state index contributed by atoms with van der Waals surface area (Å²) in [6.45, 7) is 6.66. The van der Waals surface area contributed by atoms with Crippen LogP contribution in [0, 0.1) is 0 Å². The van der Waals surface area contributed by atoms with E-state index in [1.807, 2.05) is 25.1 Å². The first-order valence-corrected chi connectivity index (χ1v) is 8.14. The number of hydrogen-bond acceptors (Lipinski definition) is 3. The molecule has 6 heteroatoms. The lowest BCUT2D eigenvalue weighted by atomic mass is 10.1. The maximum absolute atomic E-state index is 12.4. The second kappa shape index (κ2) is 7.56. The zero-order chi connectivity index (χ0) is 16.1. The predicted octanol–water partition coefficient (Wildman–Crippen LogP) is 3.48. The van der Waals surface area contributed by atoms with E-state index in [9.17, 15) is 4.79 Å². The molecule has 1 heterocycles. The van der Waals surface area contributed by atoms with Gasteiger partial charge in [0.05, 0.1) is 0 Å². The minimum absolute atomic E-state index is 0.110. The van der Waals surface area contributed by atoms with Gasteiger partial charge >= 0.3 is 0 Å². The second-order valence-electron chi connectivity index (χ2n) is 4.73. The first-order valence-electron chi connectivity index (χ1n) is 6.94. The quantitative estimate of drug-likeness (QED) is 0.466. The number of nitrogens with one attached hydrogen (secondary N) is 1. The van der Waals surface area contributed by atoms with Crippen LogP contribution < -0.4 is 10.1 Å². The molecule has 1 fully saturated rings. The van der Waals surface area contributed by atoms with Crippen molar-refractivity contribution in [2.75, 3.05) is 13.2 Å². The topological polar surface area (TPSA) is 41.6 Å². The smallest absolute Gasteiger partial charge is 0.276 e. The van der Waals surface area contributed by atoms with Crippen molar-refractivity contribution in [3.05, 3.63) is 46.6 Å². The molecule has 116 valence electrons. The highest BCUT2D eigenvalue weighted by molar-refractivity contribution is 9.10. The average molecular weight is 381 g/mol. The molecule has 0 radical (unpaired) electrons. The van der Waals surface area contributed by atoms with Crippen LogP contribution in [0.15, 0.2) is 41.0 Å². The van der Waals surface area contributed by atoms with Crippen molar-refractivity contribution in [1.82, 2.24) is 10.2 Å². The third-order valence-corrected chi connectivity index (χ3v) is 3.85. The van der Waals surface area contributed by atoms with E-state index >= 15 is 0 Å². The first-order chi connectivity index (χ1) is 10.6. The van der Waals surface area contributed by atoms with Crippen molar-refractivity contribution in [3.8, 4) is 5.75 Å². The Kier molecular flexibility index (Phi) is 5.74. The van der Waals surface area contributed by atoms with Crippen LogP contribution in [0.2, 0.25) is 0 Å². The summed E-state index contributed by atoms with van der Waals surface area (Å²) in [5.41, 5.74) is 1.26. The molecule has 1 N–H and O–H groups in total. The summed E-state index contributed by atoms with van der Waals surface area (Å²) in [5, 5.41) is 3.41. The zero-order valence-electron chi connectivity index (χ0n) is 12.3. The molecular weight excluding hydrogens is 364 g/mol. The van der Waals surface area contributed by atoms with Crippen molar-refractivity contribution < 1.29 is 9.53 Å². The van der Waals surface area contributed by atoms with Crippen LogP contribution in [0.4, 0.5) is 0 Å². The molecule has 1 aliphatic rings. The molecule has 0 saturated carbocycles. The highest BCUT2D eigenvalue weighted by Gasteiger charge is 2.29. The van der Waals surface area contributed by atoms with Gasteiger partial charge < -0.3 is 10.1 Å². The van der Waals surface area contributed by atoms with Gasteiger partial charge in [-0.1, -0.05) is 35.5 Å². The molecule has 1 aliphatic heterocycles. The minimum atomic E-state index is -0.110. The third kappa shape index (κ3) is 3.75. The van der Waals surface area contributed by atoms with Gasteiger partial charge in [-0.15, -0.1) is 0 Å². The van der Waals surface area contributed by atoms with Gasteiger partial charge in [-0.3, -0.25) is 9.69 Å². The summed E-state index contributed by atoms with van der Waals surface area (Å²) in [6.07, 6.45) is 4.29. The van der Waals surface area contributed by atoms with Gasteiger partial charge in [0.1, 0.15) is 18.1 Å². The number of rotatable bonds is 6. The highest BCUT2D eigenvalue weighted by Crippen LogP contribution is 2.26. The Morgan fingerprint density at radius 2 is 2.27 bits per heavy atom. The molecule has 1 aromatic rings. The summed E-state index contributed by atoms with van der Waals surface area (Å²) in [6, 6.07) is 5.63. The van der Waals surface area contributed by atoms with E-state index in [0.29, 0.717) is 29.7 Å². The molecule has 0 aliphatic carbocycles. The van der Waals surface area contributed by atoms with Gasteiger partial charge in [-0.2, -0.15) is 0 Å². The Labute approximate surface area is 144 Å². The monoisotopic (exact) mass is 380 g/mol. The van der Waals surface area contributed by atoms with Crippen LogP contribution >= 0.6 is 28.1 Å². The van der Waals surface area contributed by atoms with Crippen molar-refractivity contribution >= 4 is 45.2 Å². The van der Waals surface area contributed by atoms with E-state index in [2.05, 4.69) is 27.8 Å². The van der Waals surface area contributed by atoms with Crippen LogP contribution in [-0.4, -0.2) is 29.1 Å². The summed E-state index contributed by atoms with van der Waals surface area (Å²) in [4.78, 5) is 13.9. The van der Waals surface area contributed by atoms with Crippen LogP contribution in [0.5, 0.6) is 5.75 Å². The number of ether oxygens (including phenoxy) is 1. The molecule has 4 nitrogen and oxygen atoms in total. The maximum Gasteiger partial charge on any atom is 0.276 e. The van der Waals surface area contributed by atoms with E-state index in [1.165, 1.54) is 0 Å². The molecule has 2 rings (SSSR count). The Morgan fingerprint density at radius 3 is 2.95 bits per heavy atom. The van der Waals surface area contributed by atoms with Crippen molar-refractivity contribution in [3.63, 3.8) is 0 Å². The second-order valence-corrected chi connectivity index (χ2v) is 6.03. The summed E-state index contributed by atoms with van der Waals surface area (Å²) in [7, 11) is 0. The number of halogens is 1. The van der Waals surface area contributed by atoms with Crippen LogP contribution in [0.25, 0.3) is 6.08 Å². The number of carbonyl (C=O) groups excluding carboxylic acids is 1. The fraction of sp³-hybridized carbons (Fsp3) is 0.250. The average Bonchev–Trinajstić information content (AvgIpc) is 2.74. The molecular formula is C16H17BrN2O2S. The molecule has 1 saturated heterocycles. The Balaban J connectivity index is 2.32.